The van der Waals surface area contributed by atoms with Crippen LogP contribution < -0.4 is 10.2 Å². The van der Waals surface area contributed by atoms with Crippen molar-refractivity contribution in [1.82, 2.24) is 25.1 Å². The van der Waals surface area contributed by atoms with Gasteiger partial charge in [0.15, 0.2) is 10.8 Å². The SMILES string of the molecule is CCCSc1nc(N2CCCC2)c2cnn(CCNC(=O)c3cc(Cl)ccc3[N+](=O)[O-])c2n1. The number of anilines is 1. The minimum absolute atomic E-state index is 0.0743. The Balaban J connectivity index is 1.53. The van der Waals surface area contributed by atoms with Gasteiger partial charge in [-0.3, -0.25) is 14.9 Å². The number of thioether (sulfide) groups is 1. The molecule has 1 aliphatic heterocycles. The van der Waals surface area contributed by atoms with Crippen molar-refractivity contribution in [1.29, 1.82) is 0 Å². The number of hydrogen-bond acceptors (Lipinski definition) is 8. The smallest absolute Gasteiger partial charge is 0.282 e. The van der Waals surface area contributed by atoms with Gasteiger partial charge >= 0.3 is 0 Å². The first-order valence-corrected chi connectivity index (χ1v) is 12.2. The highest BCUT2D eigenvalue weighted by Crippen LogP contribution is 2.29. The van der Waals surface area contributed by atoms with Crippen molar-refractivity contribution >= 4 is 51.8 Å². The molecule has 0 radical (unpaired) electrons. The van der Waals surface area contributed by atoms with Gasteiger partial charge < -0.3 is 10.2 Å². The highest BCUT2D eigenvalue weighted by Gasteiger charge is 2.22. The Bertz CT molecular complexity index is 1180. The van der Waals surface area contributed by atoms with Gasteiger partial charge in [0.25, 0.3) is 11.6 Å². The Hall–Kier alpha value is -2.92. The number of amides is 1. The van der Waals surface area contributed by atoms with E-state index in [2.05, 4.69) is 22.2 Å². The maximum atomic E-state index is 12.6. The Morgan fingerprint density at radius 1 is 1.30 bits per heavy atom. The molecule has 0 aliphatic carbocycles. The van der Waals surface area contributed by atoms with E-state index < -0.39 is 10.8 Å². The first kappa shape index (κ1) is 23.2. The number of nitrogens with zero attached hydrogens (tertiary/aromatic N) is 6. The number of nitrogens with one attached hydrogen (secondary N) is 1. The summed E-state index contributed by atoms with van der Waals surface area (Å²) in [7, 11) is 0. The first-order valence-electron chi connectivity index (χ1n) is 10.8. The topological polar surface area (TPSA) is 119 Å². The van der Waals surface area contributed by atoms with Crippen LogP contribution in [0.25, 0.3) is 11.0 Å². The lowest BCUT2D eigenvalue weighted by molar-refractivity contribution is -0.385. The predicted octanol–water partition coefficient (Wildman–Crippen LogP) is 3.92. The molecule has 1 fully saturated rings. The molecule has 0 bridgehead atoms. The van der Waals surface area contributed by atoms with E-state index in [0.29, 0.717) is 17.3 Å². The third-order valence-corrected chi connectivity index (χ3v) is 6.59. The molecule has 0 atom stereocenters. The Kier molecular flexibility index (Phi) is 7.29. The molecule has 1 amide bonds. The second kappa shape index (κ2) is 10.3. The second-order valence-corrected chi connectivity index (χ2v) is 9.15. The molecule has 1 aromatic carbocycles. The van der Waals surface area contributed by atoms with Gasteiger partial charge in [0, 0.05) is 36.5 Å². The molecule has 1 aliphatic rings. The molecule has 0 spiro atoms. The van der Waals surface area contributed by atoms with Gasteiger partial charge in [-0.1, -0.05) is 30.3 Å². The Morgan fingerprint density at radius 2 is 2.09 bits per heavy atom. The van der Waals surface area contributed by atoms with Gasteiger partial charge in [-0.05, 0) is 31.4 Å². The summed E-state index contributed by atoms with van der Waals surface area (Å²) in [6.07, 6.45) is 5.06. The molecule has 12 heteroatoms. The summed E-state index contributed by atoms with van der Waals surface area (Å²) in [5.41, 5.74) is 0.352. The predicted molar refractivity (Wildman–Crippen MR) is 128 cm³/mol. The minimum atomic E-state index is -0.599. The fraction of sp³-hybridized carbons (Fsp3) is 0.429. The van der Waals surface area contributed by atoms with Gasteiger partial charge in [-0.25, -0.2) is 14.6 Å². The summed E-state index contributed by atoms with van der Waals surface area (Å²) < 4.78 is 1.74. The molecule has 0 unspecified atom stereocenters. The maximum absolute atomic E-state index is 12.6. The summed E-state index contributed by atoms with van der Waals surface area (Å²) in [6.45, 7) is 4.62. The van der Waals surface area contributed by atoms with E-state index in [1.54, 1.807) is 22.6 Å². The number of carbonyl (C=O) groups excluding carboxylic acids is 1. The molecule has 3 aromatic rings. The molecule has 33 heavy (non-hydrogen) atoms. The summed E-state index contributed by atoms with van der Waals surface area (Å²) in [6, 6.07) is 3.91. The highest BCUT2D eigenvalue weighted by molar-refractivity contribution is 7.99. The van der Waals surface area contributed by atoms with Gasteiger partial charge in [0.1, 0.15) is 11.4 Å². The highest BCUT2D eigenvalue weighted by atomic mass is 35.5. The van der Waals surface area contributed by atoms with Gasteiger partial charge in [-0.15, -0.1) is 0 Å². The van der Waals surface area contributed by atoms with Crippen LogP contribution in [0.3, 0.4) is 0 Å². The van der Waals surface area contributed by atoms with Crippen molar-refractivity contribution in [2.45, 2.75) is 37.9 Å². The average molecular weight is 490 g/mol. The van der Waals surface area contributed by atoms with Crippen LogP contribution in [0.15, 0.2) is 29.6 Å². The number of halogens is 1. The Morgan fingerprint density at radius 3 is 2.82 bits per heavy atom. The van der Waals surface area contributed by atoms with Crippen LogP contribution in [0, 0.1) is 10.1 Å². The van der Waals surface area contributed by atoms with Crippen LogP contribution >= 0.6 is 23.4 Å². The summed E-state index contributed by atoms with van der Waals surface area (Å²) >= 11 is 7.54. The van der Waals surface area contributed by atoms with Crippen molar-refractivity contribution in [2.75, 3.05) is 30.3 Å². The number of nitro benzene ring substituents is 1. The van der Waals surface area contributed by atoms with Crippen LogP contribution in [0.5, 0.6) is 0 Å². The lowest BCUT2D eigenvalue weighted by Gasteiger charge is -2.18. The third kappa shape index (κ3) is 5.19. The second-order valence-electron chi connectivity index (χ2n) is 7.65. The van der Waals surface area contributed by atoms with E-state index in [-0.39, 0.29) is 22.8 Å². The van der Waals surface area contributed by atoms with Crippen LogP contribution in [0.2, 0.25) is 5.02 Å². The summed E-state index contributed by atoms with van der Waals surface area (Å²) in [5, 5.41) is 20.3. The molecular weight excluding hydrogens is 466 g/mol. The first-order chi connectivity index (χ1) is 16.0. The zero-order valence-electron chi connectivity index (χ0n) is 18.2. The number of benzene rings is 1. The quantitative estimate of drug-likeness (QED) is 0.208. The zero-order chi connectivity index (χ0) is 23.4. The number of fused-ring (bicyclic) bond motifs is 1. The van der Waals surface area contributed by atoms with E-state index in [0.717, 1.165) is 49.3 Å². The van der Waals surface area contributed by atoms with Crippen LogP contribution in [0.1, 0.15) is 36.5 Å². The number of hydrogen-bond donors (Lipinski definition) is 1. The fourth-order valence-electron chi connectivity index (χ4n) is 3.73. The van der Waals surface area contributed by atoms with E-state index in [9.17, 15) is 14.9 Å². The van der Waals surface area contributed by atoms with Crippen LogP contribution in [-0.2, 0) is 6.54 Å². The van der Waals surface area contributed by atoms with E-state index in [4.69, 9.17) is 21.6 Å². The van der Waals surface area contributed by atoms with Crippen molar-refractivity contribution in [3.63, 3.8) is 0 Å². The lowest BCUT2D eigenvalue weighted by atomic mass is 10.1. The lowest BCUT2D eigenvalue weighted by Crippen LogP contribution is -2.28. The number of rotatable bonds is 9. The largest absolute Gasteiger partial charge is 0.356 e. The molecule has 4 rings (SSSR count). The molecule has 0 saturated carbocycles. The maximum Gasteiger partial charge on any atom is 0.282 e. The molecule has 2 aromatic heterocycles. The zero-order valence-corrected chi connectivity index (χ0v) is 19.7. The molecule has 1 N–H and O–H groups in total. The van der Waals surface area contributed by atoms with E-state index >= 15 is 0 Å². The normalized spacial score (nSPS) is 13.6. The van der Waals surface area contributed by atoms with E-state index in [1.807, 2.05) is 0 Å². The number of aromatic nitrogens is 4. The molecule has 174 valence electrons. The minimum Gasteiger partial charge on any atom is -0.356 e. The van der Waals surface area contributed by atoms with Crippen molar-refractivity contribution in [3.8, 4) is 0 Å². The molecule has 3 heterocycles. The van der Waals surface area contributed by atoms with Gasteiger partial charge in [0.05, 0.1) is 23.1 Å². The van der Waals surface area contributed by atoms with Gasteiger partial charge in [0.2, 0.25) is 0 Å². The average Bonchev–Trinajstić information content (AvgIpc) is 3.47. The van der Waals surface area contributed by atoms with Crippen LogP contribution in [0.4, 0.5) is 11.5 Å². The molecule has 10 nitrogen and oxygen atoms in total. The molecule has 1 saturated heterocycles. The molecular formula is C21H24ClN7O3S. The van der Waals surface area contributed by atoms with E-state index in [1.165, 1.54) is 18.2 Å². The standard InChI is InChI=1S/C21H24ClN7O3S/c1-2-11-33-21-25-18(27-8-3-4-9-27)16-13-24-28(19(16)26-21)10-7-23-20(30)15-12-14(22)5-6-17(15)29(31)32/h5-6,12-13H,2-4,7-11H2,1H3,(H,23,30). The Labute approximate surface area is 199 Å². The fourth-order valence-corrected chi connectivity index (χ4v) is 4.59. The third-order valence-electron chi connectivity index (χ3n) is 5.31. The van der Waals surface area contributed by atoms with Crippen molar-refractivity contribution in [2.24, 2.45) is 0 Å². The number of carbonyl (C=O) groups is 1. The summed E-state index contributed by atoms with van der Waals surface area (Å²) in [5.74, 6) is 1.27. The number of nitro groups is 1. The van der Waals surface area contributed by atoms with Crippen molar-refractivity contribution < 1.29 is 9.72 Å². The van der Waals surface area contributed by atoms with Crippen LogP contribution in [-0.4, -0.2) is 56.0 Å². The van der Waals surface area contributed by atoms with Gasteiger partial charge in [-0.2, -0.15) is 5.10 Å². The van der Waals surface area contributed by atoms with Crippen molar-refractivity contribution in [3.05, 3.63) is 45.1 Å². The summed E-state index contributed by atoms with van der Waals surface area (Å²) in [4.78, 5) is 35.0. The monoisotopic (exact) mass is 489 g/mol.